The molecule has 0 spiro atoms. The van der Waals surface area contributed by atoms with E-state index in [1.807, 2.05) is 0 Å². The molecule has 1 heterocycles. The van der Waals surface area contributed by atoms with Crippen molar-refractivity contribution in [3.05, 3.63) is 0 Å². The first-order valence-corrected chi connectivity index (χ1v) is 8.07. The molecule has 1 aliphatic rings. The molecule has 1 unspecified atom stereocenters. The van der Waals surface area contributed by atoms with Crippen molar-refractivity contribution in [2.75, 3.05) is 13.2 Å². The number of ether oxygens (including phenoxy) is 1. The maximum atomic E-state index is 10.5. The van der Waals surface area contributed by atoms with Crippen LogP contribution in [0.1, 0.15) is 0 Å². The van der Waals surface area contributed by atoms with Gasteiger partial charge < -0.3 is 39.6 Å². The molecule has 0 aromatic carbocycles. The van der Waals surface area contributed by atoms with Crippen LogP contribution in [0.25, 0.3) is 0 Å². The Balaban J connectivity index is 0.00000400. The maximum Gasteiger partial charge on any atom is 0.469 e. The van der Waals surface area contributed by atoms with Crippen LogP contribution in [0.5, 0.6) is 0 Å². The molecular formula is C6H14CaO12P2. The van der Waals surface area contributed by atoms with E-state index in [0.29, 0.717) is 0 Å². The van der Waals surface area contributed by atoms with Crippen molar-refractivity contribution in [3.8, 4) is 0 Å². The average molecular weight is 380 g/mol. The van der Waals surface area contributed by atoms with Crippen molar-refractivity contribution >= 4 is 53.4 Å². The van der Waals surface area contributed by atoms with Crippen LogP contribution in [0.3, 0.4) is 0 Å². The number of aliphatic hydroxyl groups is 3. The van der Waals surface area contributed by atoms with Crippen molar-refractivity contribution in [2.45, 2.75) is 24.1 Å². The monoisotopic (exact) mass is 380 g/mol. The second-order valence-electron chi connectivity index (χ2n) is 3.99. The normalized spacial score (nSPS) is 33.8. The Morgan fingerprint density at radius 3 is 1.95 bits per heavy atom. The molecule has 2 radical (unpaired) electrons. The zero-order valence-electron chi connectivity index (χ0n) is 10.4. The van der Waals surface area contributed by atoms with Crippen molar-refractivity contribution in [1.82, 2.24) is 0 Å². The molecule has 122 valence electrons. The molecule has 0 aromatic rings. The van der Waals surface area contributed by atoms with Crippen molar-refractivity contribution in [1.29, 1.82) is 0 Å². The van der Waals surface area contributed by atoms with Crippen LogP contribution in [0.2, 0.25) is 0 Å². The predicted octanol–water partition coefficient (Wildman–Crippen LogP) is -3.37. The summed E-state index contributed by atoms with van der Waals surface area (Å²) in [5.74, 6) is -2.66. The Labute approximate surface area is 148 Å². The number of aliphatic hydroxyl groups excluding tert-OH is 2. The number of rotatable bonds is 6. The molecule has 1 rings (SSSR count). The van der Waals surface area contributed by atoms with Gasteiger partial charge in [-0.15, -0.1) is 0 Å². The summed E-state index contributed by atoms with van der Waals surface area (Å²) in [6.45, 7) is -2.05. The molecule has 7 N–H and O–H groups in total. The third-order valence-electron chi connectivity index (χ3n) is 2.37. The summed E-state index contributed by atoms with van der Waals surface area (Å²) in [5.41, 5.74) is 0. The number of hydrogen-bond donors (Lipinski definition) is 7. The van der Waals surface area contributed by atoms with Crippen LogP contribution in [-0.4, -0.2) is 110 Å². The predicted molar refractivity (Wildman–Crippen MR) is 63.6 cm³/mol. The van der Waals surface area contributed by atoms with Crippen LogP contribution in [-0.2, 0) is 22.9 Å². The Hall–Kier alpha value is 1.32. The summed E-state index contributed by atoms with van der Waals surface area (Å²) in [6, 6.07) is 0. The van der Waals surface area contributed by atoms with Crippen LogP contribution < -0.4 is 0 Å². The standard InChI is InChI=1S/C6H14O12P2.Ca/c7-4-3(1-16-19(10,11)12)18-6(9,5(4)8)2-17-20(13,14)15;/h3-5,7-9H,1-2H2,(H2,10,11,12)(H2,13,14,15);/t3-,4-,5+,6?;/m1./s1. The Kier molecular flexibility index (Phi) is 8.43. The van der Waals surface area contributed by atoms with Gasteiger partial charge in [0.15, 0.2) is 0 Å². The SMILES string of the molecule is O=P(O)(O)OC[C@H]1OC(O)(COP(=O)(O)O)[C@@H](O)[C@@H]1O.[Ca]. The van der Waals surface area contributed by atoms with Gasteiger partial charge in [0.1, 0.15) is 24.9 Å². The van der Waals surface area contributed by atoms with Crippen LogP contribution in [0.15, 0.2) is 0 Å². The average Bonchev–Trinajstić information content (AvgIpc) is 2.48. The van der Waals surface area contributed by atoms with E-state index in [4.69, 9.17) is 19.6 Å². The molecule has 12 nitrogen and oxygen atoms in total. The minimum atomic E-state index is -4.96. The molecule has 0 aromatic heterocycles. The fourth-order valence-corrected chi connectivity index (χ4v) is 2.17. The molecule has 0 aliphatic carbocycles. The zero-order chi connectivity index (χ0) is 15.8. The van der Waals surface area contributed by atoms with Crippen LogP contribution >= 0.6 is 15.6 Å². The van der Waals surface area contributed by atoms with E-state index in [-0.39, 0.29) is 37.7 Å². The first kappa shape index (κ1) is 22.3. The second-order valence-corrected chi connectivity index (χ2v) is 6.47. The van der Waals surface area contributed by atoms with Gasteiger partial charge >= 0.3 is 15.6 Å². The molecule has 0 bridgehead atoms. The zero-order valence-corrected chi connectivity index (χ0v) is 14.4. The Bertz CT molecular complexity index is 433. The fraction of sp³-hybridized carbons (Fsp3) is 1.00. The summed E-state index contributed by atoms with van der Waals surface area (Å²) >= 11 is 0. The minimum absolute atomic E-state index is 0. The fourth-order valence-electron chi connectivity index (χ4n) is 1.47. The van der Waals surface area contributed by atoms with Gasteiger partial charge in [0.25, 0.3) is 0 Å². The summed E-state index contributed by atoms with van der Waals surface area (Å²) in [6.07, 6.45) is -5.38. The molecular weight excluding hydrogens is 366 g/mol. The van der Waals surface area contributed by atoms with Gasteiger partial charge in [-0.3, -0.25) is 9.05 Å². The van der Waals surface area contributed by atoms with Gasteiger partial charge in [0.2, 0.25) is 5.79 Å². The summed E-state index contributed by atoms with van der Waals surface area (Å²) in [5, 5.41) is 28.8. The Morgan fingerprint density at radius 2 is 1.52 bits per heavy atom. The van der Waals surface area contributed by atoms with Crippen molar-refractivity contribution in [3.63, 3.8) is 0 Å². The number of hydrogen-bond acceptors (Lipinski definition) is 8. The largest absolute Gasteiger partial charge is 0.469 e. The molecule has 1 aliphatic heterocycles. The van der Waals surface area contributed by atoms with Gasteiger partial charge in [0.05, 0.1) is 6.61 Å². The third kappa shape index (κ3) is 7.17. The summed E-state index contributed by atoms with van der Waals surface area (Å²) in [7, 11) is -9.82. The van der Waals surface area contributed by atoms with E-state index in [2.05, 4.69) is 13.8 Å². The third-order valence-corrected chi connectivity index (χ3v) is 3.32. The van der Waals surface area contributed by atoms with Crippen molar-refractivity contribution < 1.29 is 57.8 Å². The maximum absolute atomic E-state index is 10.5. The van der Waals surface area contributed by atoms with Gasteiger partial charge in [-0.2, -0.15) is 0 Å². The number of phosphoric acid groups is 2. The van der Waals surface area contributed by atoms with E-state index in [9.17, 15) is 24.4 Å². The van der Waals surface area contributed by atoms with Gasteiger partial charge in [-0.1, -0.05) is 0 Å². The minimum Gasteiger partial charge on any atom is -0.387 e. The van der Waals surface area contributed by atoms with Crippen LogP contribution in [0.4, 0.5) is 0 Å². The van der Waals surface area contributed by atoms with E-state index in [1.54, 1.807) is 0 Å². The summed E-state index contributed by atoms with van der Waals surface area (Å²) < 4.78 is 33.6. The molecule has 15 heteroatoms. The van der Waals surface area contributed by atoms with Gasteiger partial charge in [-0.05, 0) is 0 Å². The second kappa shape index (κ2) is 7.93. The molecule has 0 saturated carbocycles. The quantitative estimate of drug-likeness (QED) is 0.178. The van der Waals surface area contributed by atoms with E-state index in [0.717, 1.165) is 0 Å². The topological polar surface area (TPSA) is 203 Å². The van der Waals surface area contributed by atoms with E-state index in [1.165, 1.54) is 0 Å². The first-order valence-electron chi connectivity index (χ1n) is 5.00. The van der Waals surface area contributed by atoms with Crippen molar-refractivity contribution in [2.24, 2.45) is 0 Å². The first-order chi connectivity index (χ1) is 8.84. The summed E-state index contributed by atoms with van der Waals surface area (Å²) in [4.78, 5) is 33.9. The smallest absolute Gasteiger partial charge is 0.387 e. The van der Waals surface area contributed by atoms with E-state index >= 15 is 0 Å². The Morgan fingerprint density at radius 1 is 1.05 bits per heavy atom. The molecule has 0 amide bonds. The molecule has 1 fully saturated rings. The molecule has 21 heavy (non-hydrogen) atoms. The van der Waals surface area contributed by atoms with E-state index < -0.39 is 53.0 Å². The van der Waals surface area contributed by atoms with Gasteiger partial charge in [0, 0.05) is 37.7 Å². The van der Waals surface area contributed by atoms with Gasteiger partial charge in [-0.25, -0.2) is 9.13 Å². The molecule has 4 atom stereocenters. The molecule has 1 saturated heterocycles. The number of phosphoric ester groups is 2. The van der Waals surface area contributed by atoms with Crippen LogP contribution in [0, 0.1) is 0 Å².